The van der Waals surface area contributed by atoms with Crippen molar-refractivity contribution in [3.05, 3.63) is 39.2 Å². The van der Waals surface area contributed by atoms with Crippen LogP contribution in [0, 0.1) is 0 Å². The molecule has 1 saturated heterocycles. The summed E-state index contributed by atoms with van der Waals surface area (Å²) in [5.74, 6) is 0. The van der Waals surface area contributed by atoms with Crippen LogP contribution < -0.4 is 10.5 Å². The number of morpholine rings is 1. The van der Waals surface area contributed by atoms with E-state index in [1.54, 1.807) is 0 Å². The zero-order valence-electron chi connectivity index (χ0n) is 14.6. The summed E-state index contributed by atoms with van der Waals surface area (Å²) in [6.45, 7) is 6.15. The second-order valence-corrected chi connectivity index (χ2v) is 7.42. The van der Waals surface area contributed by atoms with E-state index < -0.39 is 0 Å². The summed E-state index contributed by atoms with van der Waals surface area (Å²) in [4.78, 5) is 17.4. The first-order valence-electron chi connectivity index (χ1n) is 9.46. The molecule has 3 aliphatic rings. The van der Waals surface area contributed by atoms with Crippen LogP contribution in [0.1, 0.15) is 29.5 Å². The Bertz CT molecular complexity index is 865. The van der Waals surface area contributed by atoms with Gasteiger partial charge in [-0.1, -0.05) is 0 Å². The molecule has 0 N–H and O–H groups in total. The van der Waals surface area contributed by atoms with Gasteiger partial charge in [-0.05, 0) is 43.4 Å². The first-order valence-corrected chi connectivity index (χ1v) is 9.46. The monoisotopic (exact) mass is 340 g/mol. The lowest BCUT2D eigenvalue weighted by Gasteiger charge is -2.37. The molecular formula is C20H24N2O3. The van der Waals surface area contributed by atoms with Crippen molar-refractivity contribution in [2.24, 2.45) is 0 Å². The number of fused-ring (bicyclic) bond motifs is 2. The highest BCUT2D eigenvalue weighted by molar-refractivity contribution is 5.88. The van der Waals surface area contributed by atoms with Crippen molar-refractivity contribution in [3.63, 3.8) is 0 Å². The lowest BCUT2D eigenvalue weighted by molar-refractivity contribution is 0.0338. The van der Waals surface area contributed by atoms with Crippen LogP contribution in [0.3, 0.4) is 0 Å². The third-order valence-electron chi connectivity index (χ3n) is 5.79. The smallest absolute Gasteiger partial charge is 0.340 e. The van der Waals surface area contributed by atoms with Gasteiger partial charge in [-0.2, -0.15) is 0 Å². The van der Waals surface area contributed by atoms with Gasteiger partial charge in [-0.3, -0.25) is 4.90 Å². The van der Waals surface area contributed by atoms with Gasteiger partial charge in [0.25, 0.3) is 0 Å². The Kier molecular flexibility index (Phi) is 3.79. The van der Waals surface area contributed by atoms with Crippen LogP contribution in [0.5, 0.6) is 0 Å². The molecular weight excluding hydrogens is 316 g/mol. The maximum Gasteiger partial charge on any atom is 0.340 e. The summed E-state index contributed by atoms with van der Waals surface area (Å²) in [7, 11) is 0. The maximum atomic E-state index is 12.6. The summed E-state index contributed by atoms with van der Waals surface area (Å²) in [5.41, 5.74) is 5.46. The molecule has 0 unspecified atom stereocenters. The number of ether oxygens (including phenoxy) is 1. The van der Waals surface area contributed by atoms with Gasteiger partial charge < -0.3 is 14.1 Å². The number of nitrogens with zero attached hydrogens (tertiary/aromatic N) is 2. The van der Waals surface area contributed by atoms with E-state index in [-0.39, 0.29) is 5.63 Å². The largest absolute Gasteiger partial charge is 0.422 e. The normalized spacial score (nSPS) is 20.7. The average molecular weight is 340 g/mol. The fourth-order valence-electron chi connectivity index (χ4n) is 4.60. The van der Waals surface area contributed by atoms with Crippen LogP contribution in [0.25, 0.3) is 11.0 Å². The molecule has 0 spiro atoms. The number of hydrogen-bond acceptors (Lipinski definition) is 5. The van der Waals surface area contributed by atoms with E-state index in [1.807, 2.05) is 0 Å². The van der Waals surface area contributed by atoms with E-state index in [0.29, 0.717) is 6.54 Å². The zero-order chi connectivity index (χ0) is 16.8. The van der Waals surface area contributed by atoms with Gasteiger partial charge in [0.05, 0.1) is 18.8 Å². The third-order valence-corrected chi connectivity index (χ3v) is 5.79. The van der Waals surface area contributed by atoms with Crippen molar-refractivity contribution >= 4 is 16.7 Å². The van der Waals surface area contributed by atoms with E-state index in [9.17, 15) is 4.79 Å². The molecule has 5 rings (SSSR count). The Morgan fingerprint density at radius 2 is 1.80 bits per heavy atom. The van der Waals surface area contributed by atoms with Crippen molar-refractivity contribution < 1.29 is 9.15 Å². The van der Waals surface area contributed by atoms with Gasteiger partial charge in [-0.25, -0.2) is 4.79 Å². The van der Waals surface area contributed by atoms with Crippen LogP contribution in [-0.4, -0.2) is 44.3 Å². The van der Waals surface area contributed by atoms with E-state index in [1.165, 1.54) is 23.2 Å². The van der Waals surface area contributed by atoms with Gasteiger partial charge in [-0.15, -0.1) is 0 Å². The van der Waals surface area contributed by atoms with Crippen molar-refractivity contribution in [3.8, 4) is 0 Å². The second-order valence-electron chi connectivity index (χ2n) is 7.42. The predicted molar refractivity (Wildman–Crippen MR) is 97.4 cm³/mol. The quantitative estimate of drug-likeness (QED) is 0.785. The number of aryl methyl sites for hydroxylation is 2. The van der Waals surface area contributed by atoms with Gasteiger partial charge in [0.2, 0.25) is 0 Å². The minimum absolute atomic E-state index is 0.178. The summed E-state index contributed by atoms with van der Waals surface area (Å²) in [6, 6.07) is 4.33. The molecule has 25 heavy (non-hydrogen) atoms. The fraction of sp³-hybridized carbons (Fsp3) is 0.550. The maximum absolute atomic E-state index is 12.6. The molecule has 5 nitrogen and oxygen atoms in total. The summed E-state index contributed by atoms with van der Waals surface area (Å²) in [5, 5.41) is 1.10. The molecule has 0 aliphatic carbocycles. The molecule has 1 fully saturated rings. The molecule has 0 bridgehead atoms. The molecule has 1 aromatic heterocycles. The number of anilines is 1. The predicted octanol–water partition coefficient (Wildman–Crippen LogP) is 2.32. The molecule has 132 valence electrons. The van der Waals surface area contributed by atoms with Gasteiger partial charge in [0, 0.05) is 49.4 Å². The lowest BCUT2D eigenvalue weighted by Crippen LogP contribution is -2.37. The van der Waals surface area contributed by atoms with Gasteiger partial charge >= 0.3 is 5.63 Å². The third kappa shape index (κ3) is 2.66. The van der Waals surface area contributed by atoms with Crippen LogP contribution >= 0.6 is 0 Å². The SMILES string of the molecule is O=c1oc2c3c4c(cc2cc1CN1CCOCC1)CCCN4CCC3. The van der Waals surface area contributed by atoms with Gasteiger partial charge in [0.15, 0.2) is 0 Å². The molecule has 0 atom stereocenters. The topological polar surface area (TPSA) is 45.9 Å². The number of hydrogen-bond donors (Lipinski definition) is 0. The Labute approximate surface area is 147 Å². The van der Waals surface area contributed by atoms with Crippen molar-refractivity contribution in [1.29, 1.82) is 0 Å². The van der Waals surface area contributed by atoms with E-state index in [4.69, 9.17) is 9.15 Å². The highest BCUT2D eigenvalue weighted by Gasteiger charge is 2.27. The fourth-order valence-corrected chi connectivity index (χ4v) is 4.60. The minimum atomic E-state index is -0.178. The highest BCUT2D eigenvalue weighted by Crippen LogP contribution is 2.39. The average Bonchev–Trinajstić information content (AvgIpc) is 2.64. The lowest BCUT2D eigenvalue weighted by atomic mass is 9.90. The molecule has 5 heteroatoms. The van der Waals surface area contributed by atoms with Crippen molar-refractivity contribution in [2.45, 2.75) is 32.2 Å². The Hall–Kier alpha value is -1.85. The first-order chi connectivity index (χ1) is 12.3. The summed E-state index contributed by atoms with van der Waals surface area (Å²) >= 11 is 0. The van der Waals surface area contributed by atoms with Crippen LogP contribution in [-0.2, 0) is 24.1 Å². The summed E-state index contributed by atoms with van der Waals surface area (Å²) in [6.07, 6.45) is 4.51. The molecule has 0 amide bonds. The van der Waals surface area contributed by atoms with Gasteiger partial charge in [0.1, 0.15) is 5.58 Å². The van der Waals surface area contributed by atoms with Crippen LogP contribution in [0.2, 0.25) is 0 Å². The Balaban J connectivity index is 1.60. The first kappa shape index (κ1) is 15.4. The van der Waals surface area contributed by atoms with Crippen LogP contribution in [0.15, 0.2) is 21.3 Å². The molecule has 1 aromatic carbocycles. The van der Waals surface area contributed by atoms with Crippen molar-refractivity contribution in [2.75, 3.05) is 44.3 Å². The number of rotatable bonds is 2. The molecule has 4 heterocycles. The van der Waals surface area contributed by atoms with Crippen molar-refractivity contribution in [1.82, 2.24) is 4.90 Å². The second kappa shape index (κ2) is 6.15. The molecule has 0 radical (unpaired) electrons. The van der Waals surface area contributed by atoms with E-state index >= 15 is 0 Å². The minimum Gasteiger partial charge on any atom is -0.422 e. The Morgan fingerprint density at radius 3 is 2.64 bits per heavy atom. The summed E-state index contributed by atoms with van der Waals surface area (Å²) < 4.78 is 11.3. The van der Waals surface area contributed by atoms with Crippen LogP contribution in [0.4, 0.5) is 5.69 Å². The molecule has 3 aliphatic heterocycles. The Morgan fingerprint density at radius 1 is 1.00 bits per heavy atom. The van der Waals surface area contributed by atoms with E-state index in [0.717, 1.165) is 75.2 Å². The standard InChI is InChI=1S/C20H24N2O3/c23-20-16(13-21-7-9-24-10-8-21)12-15-11-14-3-1-5-22-6-2-4-17(18(14)22)19(15)25-20/h11-12H,1-10,13H2. The number of benzene rings is 1. The highest BCUT2D eigenvalue weighted by atomic mass is 16.5. The molecule has 0 saturated carbocycles. The molecule has 2 aromatic rings. The van der Waals surface area contributed by atoms with E-state index in [2.05, 4.69) is 21.9 Å². The zero-order valence-corrected chi connectivity index (χ0v) is 14.6.